The Morgan fingerprint density at radius 1 is 0.879 bits per heavy atom. The highest BCUT2D eigenvalue weighted by molar-refractivity contribution is 7.89. The lowest BCUT2D eigenvalue weighted by Gasteiger charge is -2.36. The number of carbonyl (C=O) groups excluding carboxylic acids is 3. The number of piperidine rings is 2. The van der Waals surface area contributed by atoms with Gasteiger partial charge in [0.1, 0.15) is 17.5 Å². The first-order valence-electron chi connectivity index (χ1n) is 20.2. The minimum Gasteiger partial charge on any atom is -0.367 e. The van der Waals surface area contributed by atoms with Crippen LogP contribution in [-0.4, -0.2) is 106 Å². The minimum atomic E-state index is -3.74. The van der Waals surface area contributed by atoms with Crippen LogP contribution in [0.3, 0.4) is 0 Å². The number of fused-ring (bicyclic) bond motifs is 2. The summed E-state index contributed by atoms with van der Waals surface area (Å²) in [5.41, 5.74) is 2.74. The third-order valence-corrected chi connectivity index (χ3v) is 14.3. The fourth-order valence-electron chi connectivity index (χ4n) is 9.22. The van der Waals surface area contributed by atoms with Gasteiger partial charge >= 0.3 is 0 Å². The molecule has 4 aliphatic heterocycles. The monoisotopic (exact) mass is 811 g/mol. The van der Waals surface area contributed by atoms with Crippen molar-refractivity contribution in [3.63, 3.8) is 0 Å². The second kappa shape index (κ2) is 15.5. The molecule has 9 rings (SSSR count). The van der Waals surface area contributed by atoms with Gasteiger partial charge in [-0.1, -0.05) is 25.0 Å². The summed E-state index contributed by atoms with van der Waals surface area (Å²) >= 11 is 0. The van der Waals surface area contributed by atoms with Crippen LogP contribution in [0.15, 0.2) is 64.4 Å². The van der Waals surface area contributed by atoms with Gasteiger partial charge in [0.15, 0.2) is 0 Å². The standard InChI is InChI=1S/C41H46FN9O6S/c42-33-22-32-28(25-50(40(32)55)34-9-10-36(52)45-39(34)54)21-35(33)48-18-16-47(17-19-48)24-26-4-3-7-31(20-26)58(56,57)49-14-12-29(13-15-49)44-41-43-23-27-8-11-37(53)51(38(27)46-41)30-5-1-2-6-30/h3-4,7-8,11,20-23,29-30,34H,1-2,5-6,9-10,12-19,24-25H2,(H,43,44,46)(H,45,52,54). The number of rotatable bonds is 9. The van der Waals surface area contributed by atoms with E-state index in [0.717, 1.165) is 36.6 Å². The molecule has 3 saturated heterocycles. The molecule has 0 radical (unpaired) electrons. The van der Waals surface area contributed by atoms with Crippen molar-refractivity contribution in [1.29, 1.82) is 0 Å². The van der Waals surface area contributed by atoms with Crippen LogP contribution in [0.5, 0.6) is 0 Å². The maximum Gasteiger partial charge on any atom is 0.255 e. The number of halogens is 1. The molecule has 2 aromatic heterocycles. The first kappa shape index (κ1) is 38.3. The molecule has 1 saturated carbocycles. The molecule has 15 nitrogen and oxygen atoms in total. The van der Waals surface area contributed by atoms with E-state index in [-0.39, 0.29) is 53.4 Å². The molecule has 2 N–H and O–H groups in total. The summed E-state index contributed by atoms with van der Waals surface area (Å²) in [5, 5.41) is 6.50. The van der Waals surface area contributed by atoms with Crippen molar-refractivity contribution >= 4 is 50.4 Å². The fourth-order valence-corrected chi connectivity index (χ4v) is 10.8. The number of amides is 3. The number of nitrogens with zero attached hydrogens (tertiary/aromatic N) is 7. The van der Waals surface area contributed by atoms with E-state index in [1.54, 1.807) is 42.6 Å². The highest BCUT2D eigenvalue weighted by Crippen LogP contribution is 2.34. The number of carbonyl (C=O) groups is 3. The summed E-state index contributed by atoms with van der Waals surface area (Å²) in [5.74, 6) is -1.35. The Hall–Kier alpha value is -5.26. The highest BCUT2D eigenvalue weighted by Gasteiger charge is 2.40. The molecule has 4 aromatic rings. The number of imide groups is 1. The molecule has 1 unspecified atom stereocenters. The first-order chi connectivity index (χ1) is 28.0. The van der Waals surface area contributed by atoms with Gasteiger partial charge in [-0.2, -0.15) is 9.29 Å². The summed E-state index contributed by atoms with van der Waals surface area (Å²) in [6, 6.07) is 12.7. The SMILES string of the molecule is O=C1CCC(N2Cc3cc(N4CCN(Cc5cccc(S(=O)(=O)N6CCC(Nc7ncc8ccc(=O)n(C9CCCC9)c8n7)CC6)c5)CC4)c(F)cc3C2=O)C(=O)N1. The van der Waals surface area contributed by atoms with E-state index < -0.39 is 33.7 Å². The quantitative estimate of drug-likeness (QED) is 0.238. The van der Waals surface area contributed by atoms with Crippen molar-refractivity contribution in [2.45, 2.75) is 87.5 Å². The average molecular weight is 812 g/mol. The van der Waals surface area contributed by atoms with Crippen LogP contribution in [0.2, 0.25) is 0 Å². The van der Waals surface area contributed by atoms with Gasteiger partial charge in [-0.3, -0.25) is 34.0 Å². The van der Waals surface area contributed by atoms with Crippen molar-refractivity contribution in [2.24, 2.45) is 0 Å². The molecule has 2 aromatic carbocycles. The van der Waals surface area contributed by atoms with E-state index in [2.05, 4.69) is 20.5 Å². The molecule has 4 fully saturated rings. The number of hydrogen-bond acceptors (Lipinski definition) is 11. The van der Waals surface area contributed by atoms with Crippen LogP contribution >= 0.6 is 0 Å². The van der Waals surface area contributed by atoms with Crippen molar-refractivity contribution in [3.8, 4) is 0 Å². The zero-order valence-electron chi connectivity index (χ0n) is 32.1. The Morgan fingerprint density at radius 2 is 1.66 bits per heavy atom. The molecule has 3 amide bonds. The van der Waals surface area contributed by atoms with Crippen molar-refractivity contribution in [3.05, 3.63) is 87.6 Å². The Kier molecular flexibility index (Phi) is 10.2. The van der Waals surface area contributed by atoms with Crippen molar-refractivity contribution < 1.29 is 27.2 Å². The lowest BCUT2D eigenvalue weighted by molar-refractivity contribution is -0.136. The zero-order chi connectivity index (χ0) is 40.1. The van der Waals surface area contributed by atoms with Crippen LogP contribution in [-0.2, 0) is 32.7 Å². The molecule has 0 spiro atoms. The summed E-state index contributed by atoms with van der Waals surface area (Å²) in [7, 11) is -3.74. The number of hydrogen-bond donors (Lipinski definition) is 2. The number of aromatic nitrogens is 3. The number of benzene rings is 2. The normalized spacial score (nSPS) is 21.5. The van der Waals surface area contributed by atoms with Crippen LogP contribution < -0.4 is 21.1 Å². The molecule has 17 heteroatoms. The van der Waals surface area contributed by atoms with Gasteiger partial charge in [0.2, 0.25) is 27.8 Å². The van der Waals surface area contributed by atoms with Crippen LogP contribution in [0, 0.1) is 5.82 Å². The summed E-state index contributed by atoms with van der Waals surface area (Å²) in [6.07, 6.45) is 7.39. The third-order valence-electron chi connectivity index (χ3n) is 12.4. The number of piperazine rings is 1. The van der Waals surface area contributed by atoms with Crippen LogP contribution in [0.4, 0.5) is 16.0 Å². The molecule has 6 heterocycles. The number of pyridine rings is 1. The molecule has 0 bridgehead atoms. The van der Waals surface area contributed by atoms with Gasteiger partial charge in [-0.25, -0.2) is 17.8 Å². The Labute approximate surface area is 335 Å². The van der Waals surface area contributed by atoms with E-state index in [1.165, 1.54) is 15.3 Å². The molecule has 1 atom stereocenters. The average Bonchev–Trinajstić information content (AvgIpc) is 3.86. The van der Waals surface area contributed by atoms with Gasteiger partial charge in [-0.05, 0) is 73.6 Å². The first-order valence-corrected chi connectivity index (χ1v) is 21.6. The van der Waals surface area contributed by atoms with Crippen LogP contribution in [0.25, 0.3) is 11.0 Å². The zero-order valence-corrected chi connectivity index (χ0v) is 32.9. The molecule has 58 heavy (non-hydrogen) atoms. The maximum atomic E-state index is 15.5. The van der Waals surface area contributed by atoms with E-state index in [1.807, 2.05) is 15.5 Å². The van der Waals surface area contributed by atoms with Gasteiger partial charge in [0.05, 0.1) is 10.6 Å². The van der Waals surface area contributed by atoms with Crippen molar-refractivity contribution in [1.82, 2.24) is 34.0 Å². The number of sulfonamides is 1. The van der Waals surface area contributed by atoms with Gasteiger partial charge in [0, 0.05) is 94.1 Å². The van der Waals surface area contributed by atoms with E-state index >= 15 is 4.39 Å². The topological polar surface area (TPSA) is 170 Å². The van der Waals surface area contributed by atoms with E-state index in [0.29, 0.717) is 81.5 Å². The minimum absolute atomic E-state index is 0.0236. The van der Waals surface area contributed by atoms with Crippen molar-refractivity contribution in [2.75, 3.05) is 49.5 Å². The number of anilines is 2. The lowest BCUT2D eigenvalue weighted by Crippen LogP contribution is -2.52. The van der Waals surface area contributed by atoms with E-state index in [9.17, 15) is 27.6 Å². The fraction of sp³-hybridized carbons (Fsp3) is 0.463. The van der Waals surface area contributed by atoms with Gasteiger partial charge in [-0.15, -0.1) is 0 Å². The second-order valence-electron chi connectivity index (χ2n) is 16.0. The van der Waals surface area contributed by atoms with Crippen LogP contribution in [0.1, 0.15) is 78.9 Å². The Balaban J connectivity index is 0.794. The Morgan fingerprint density at radius 3 is 2.41 bits per heavy atom. The maximum absolute atomic E-state index is 15.5. The Bertz CT molecular complexity index is 2460. The highest BCUT2D eigenvalue weighted by atomic mass is 32.2. The second-order valence-corrected chi connectivity index (χ2v) is 18.0. The smallest absolute Gasteiger partial charge is 0.255 e. The number of nitrogens with one attached hydrogen (secondary N) is 2. The predicted molar refractivity (Wildman–Crippen MR) is 213 cm³/mol. The molecule has 304 valence electrons. The predicted octanol–water partition coefficient (Wildman–Crippen LogP) is 3.39. The summed E-state index contributed by atoms with van der Waals surface area (Å²) < 4.78 is 46.5. The lowest BCUT2D eigenvalue weighted by atomic mass is 10.0. The third kappa shape index (κ3) is 7.34. The molecular formula is C41H46FN9O6S. The molecule has 5 aliphatic rings. The molecule has 1 aliphatic carbocycles. The summed E-state index contributed by atoms with van der Waals surface area (Å²) in [6.45, 7) is 3.70. The van der Waals surface area contributed by atoms with Gasteiger partial charge < -0.3 is 15.1 Å². The molecular weight excluding hydrogens is 766 g/mol. The summed E-state index contributed by atoms with van der Waals surface area (Å²) in [4.78, 5) is 65.1. The van der Waals surface area contributed by atoms with E-state index in [4.69, 9.17) is 4.98 Å². The van der Waals surface area contributed by atoms with Gasteiger partial charge in [0.25, 0.3) is 11.5 Å². The largest absolute Gasteiger partial charge is 0.367 e.